The van der Waals surface area contributed by atoms with E-state index >= 15 is 0 Å². The van der Waals surface area contributed by atoms with Crippen LogP contribution in [0.15, 0.2) is 29.2 Å². The van der Waals surface area contributed by atoms with Crippen LogP contribution in [-0.4, -0.2) is 33.9 Å². The van der Waals surface area contributed by atoms with Crippen molar-refractivity contribution in [2.75, 3.05) is 19.5 Å². The molecule has 0 saturated carbocycles. The van der Waals surface area contributed by atoms with Gasteiger partial charge in [-0.25, -0.2) is 8.42 Å². The normalized spacial score (nSPS) is 12.7. The first kappa shape index (κ1) is 17.5. The lowest BCUT2D eigenvalue weighted by atomic mass is 10.1. The molecular weight excluding hydrogens is 292 g/mol. The van der Waals surface area contributed by atoms with Crippen LogP contribution in [-0.2, 0) is 19.4 Å². The van der Waals surface area contributed by atoms with Crippen molar-refractivity contribution in [3.8, 4) is 5.75 Å². The van der Waals surface area contributed by atoms with Crippen LogP contribution in [0.5, 0.6) is 5.75 Å². The zero-order valence-electron chi connectivity index (χ0n) is 12.7. The van der Waals surface area contributed by atoms with Crippen LogP contribution in [0.4, 0.5) is 0 Å². The summed E-state index contributed by atoms with van der Waals surface area (Å²) in [5.74, 6) is 0.232. The molecule has 0 radical (unpaired) electrons. The largest absolute Gasteiger partial charge is 0.497 e. The van der Waals surface area contributed by atoms with Gasteiger partial charge < -0.3 is 9.47 Å². The third kappa shape index (κ3) is 5.75. The topological polar surface area (TPSA) is 69.7 Å². The van der Waals surface area contributed by atoms with Gasteiger partial charge in [0.2, 0.25) is 0 Å². The highest BCUT2D eigenvalue weighted by molar-refractivity contribution is 7.91. The lowest BCUT2D eigenvalue weighted by Crippen LogP contribution is -2.16. The Morgan fingerprint density at radius 1 is 1.24 bits per heavy atom. The van der Waals surface area contributed by atoms with Crippen molar-refractivity contribution in [3.63, 3.8) is 0 Å². The van der Waals surface area contributed by atoms with Crippen LogP contribution >= 0.6 is 0 Å². The summed E-state index contributed by atoms with van der Waals surface area (Å²) < 4.78 is 34.3. The Morgan fingerprint density at radius 2 is 1.86 bits per heavy atom. The Balaban J connectivity index is 2.60. The van der Waals surface area contributed by atoms with Gasteiger partial charge in [-0.15, -0.1) is 0 Å². The van der Waals surface area contributed by atoms with Crippen LogP contribution in [0.2, 0.25) is 0 Å². The van der Waals surface area contributed by atoms with E-state index in [9.17, 15) is 13.2 Å². The summed E-state index contributed by atoms with van der Waals surface area (Å²) in [6.45, 7) is 3.91. The van der Waals surface area contributed by atoms with Gasteiger partial charge in [-0.2, -0.15) is 0 Å². The average molecular weight is 314 g/mol. The fraction of sp³-hybridized carbons (Fsp3) is 0.533. The second-order valence-corrected chi connectivity index (χ2v) is 6.94. The van der Waals surface area contributed by atoms with E-state index in [1.807, 2.05) is 6.92 Å². The summed E-state index contributed by atoms with van der Waals surface area (Å²) in [4.78, 5) is 11.5. The van der Waals surface area contributed by atoms with E-state index in [0.717, 1.165) is 0 Å². The Kier molecular flexibility index (Phi) is 6.68. The summed E-state index contributed by atoms with van der Waals surface area (Å²) in [6.07, 6.45) is 0.737. The van der Waals surface area contributed by atoms with E-state index in [1.54, 1.807) is 19.1 Å². The standard InChI is InChI=1S/C15H22O5S/c1-4-20-15(16)10-5-12(2)11-21(17,18)14-8-6-13(19-3)7-9-14/h6-9,12H,4-5,10-11H2,1-3H3. The molecule has 0 aliphatic heterocycles. The predicted octanol–water partition coefficient (Wildman–Crippen LogP) is 2.45. The Morgan fingerprint density at radius 3 is 2.38 bits per heavy atom. The number of ether oxygens (including phenoxy) is 2. The fourth-order valence-corrected chi connectivity index (χ4v) is 3.59. The molecule has 0 aromatic heterocycles. The number of carbonyl (C=O) groups excluding carboxylic acids is 1. The number of hydrogen-bond donors (Lipinski definition) is 0. The van der Waals surface area contributed by atoms with Gasteiger partial charge in [0.1, 0.15) is 5.75 Å². The molecular formula is C15H22O5S. The summed E-state index contributed by atoms with van der Waals surface area (Å²) in [7, 11) is -1.82. The molecule has 1 atom stereocenters. The molecule has 0 spiro atoms. The summed E-state index contributed by atoms with van der Waals surface area (Å²) in [6, 6.07) is 6.31. The number of methoxy groups -OCH3 is 1. The summed E-state index contributed by atoms with van der Waals surface area (Å²) >= 11 is 0. The SMILES string of the molecule is CCOC(=O)CCC(C)CS(=O)(=O)c1ccc(OC)cc1. The first-order valence-corrected chi connectivity index (χ1v) is 8.56. The fourth-order valence-electron chi connectivity index (χ4n) is 1.93. The number of rotatable bonds is 8. The molecule has 0 heterocycles. The molecule has 21 heavy (non-hydrogen) atoms. The van der Waals surface area contributed by atoms with Crippen LogP contribution < -0.4 is 4.74 Å². The van der Waals surface area contributed by atoms with E-state index in [2.05, 4.69) is 0 Å². The maximum Gasteiger partial charge on any atom is 0.305 e. The number of hydrogen-bond acceptors (Lipinski definition) is 5. The quantitative estimate of drug-likeness (QED) is 0.689. The molecule has 1 rings (SSSR count). The van der Waals surface area contributed by atoms with Crippen molar-refractivity contribution in [2.24, 2.45) is 5.92 Å². The molecule has 1 aromatic carbocycles. The molecule has 0 saturated heterocycles. The third-order valence-electron chi connectivity index (χ3n) is 3.07. The van der Waals surface area contributed by atoms with Crippen molar-refractivity contribution in [2.45, 2.75) is 31.6 Å². The van der Waals surface area contributed by atoms with Crippen LogP contribution in [0, 0.1) is 5.92 Å². The predicted molar refractivity (Wildman–Crippen MR) is 80.1 cm³/mol. The molecule has 1 unspecified atom stereocenters. The first-order valence-electron chi connectivity index (χ1n) is 6.91. The van der Waals surface area contributed by atoms with Crippen molar-refractivity contribution < 1.29 is 22.7 Å². The van der Waals surface area contributed by atoms with E-state index < -0.39 is 9.84 Å². The maximum absolute atomic E-state index is 12.3. The minimum Gasteiger partial charge on any atom is -0.497 e. The molecule has 5 nitrogen and oxygen atoms in total. The minimum atomic E-state index is -3.35. The molecule has 0 aliphatic rings. The number of sulfone groups is 1. The number of benzene rings is 1. The molecule has 0 aliphatic carbocycles. The zero-order chi connectivity index (χ0) is 15.9. The van der Waals surface area contributed by atoms with E-state index in [-0.39, 0.29) is 29.0 Å². The lowest BCUT2D eigenvalue weighted by Gasteiger charge is -2.12. The van der Waals surface area contributed by atoms with Gasteiger partial charge >= 0.3 is 5.97 Å². The van der Waals surface area contributed by atoms with E-state index in [1.165, 1.54) is 19.2 Å². The second kappa shape index (κ2) is 8.02. The highest BCUT2D eigenvalue weighted by atomic mass is 32.2. The number of carbonyl (C=O) groups is 1. The molecule has 0 N–H and O–H groups in total. The minimum absolute atomic E-state index is 0.0126. The Bertz CT molecular complexity index is 548. The van der Waals surface area contributed by atoms with Crippen molar-refractivity contribution >= 4 is 15.8 Å². The maximum atomic E-state index is 12.3. The lowest BCUT2D eigenvalue weighted by molar-refractivity contribution is -0.143. The molecule has 0 bridgehead atoms. The monoisotopic (exact) mass is 314 g/mol. The number of esters is 1. The molecule has 0 fully saturated rings. The van der Waals surface area contributed by atoms with Gasteiger partial charge in [0.25, 0.3) is 0 Å². The van der Waals surface area contributed by atoms with Crippen molar-refractivity contribution in [1.29, 1.82) is 0 Å². The first-order chi connectivity index (χ1) is 9.89. The van der Waals surface area contributed by atoms with Crippen molar-refractivity contribution in [3.05, 3.63) is 24.3 Å². The van der Waals surface area contributed by atoms with Gasteiger partial charge in [-0.05, 0) is 43.5 Å². The van der Waals surface area contributed by atoms with Crippen LogP contribution in [0.25, 0.3) is 0 Å². The molecule has 118 valence electrons. The zero-order valence-corrected chi connectivity index (χ0v) is 13.5. The summed E-state index contributed by atoms with van der Waals surface area (Å²) in [5, 5.41) is 0. The van der Waals surface area contributed by atoms with Crippen molar-refractivity contribution in [1.82, 2.24) is 0 Å². The third-order valence-corrected chi connectivity index (χ3v) is 5.07. The average Bonchev–Trinajstić information content (AvgIpc) is 2.45. The molecule has 6 heteroatoms. The molecule has 1 aromatic rings. The van der Waals surface area contributed by atoms with Gasteiger partial charge in [0, 0.05) is 6.42 Å². The Labute approximate surface area is 126 Å². The summed E-state index contributed by atoms with van der Waals surface area (Å²) in [5.41, 5.74) is 0. The Hall–Kier alpha value is -1.56. The van der Waals surface area contributed by atoms with E-state index in [4.69, 9.17) is 9.47 Å². The van der Waals surface area contributed by atoms with Gasteiger partial charge in [-0.3, -0.25) is 4.79 Å². The van der Waals surface area contributed by atoms with Crippen LogP contribution in [0.1, 0.15) is 26.7 Å². The smallest absolute Gasteiger partial charge is 0.305 e. The second-order valence-electron chi connectivity index (χ2n) is 4.91. The van der Waals surface area contributed by atoms with Gasteiger partial charge in [0.15, 0.2) is 9.84 Å². The highest BCUT2D eigenvalue weighted by Crippen LogP contribution is 2.20. The van der Waals surface area contributed by atoms with Gasteiger partial charge in [0.05, 0.1) is 24.4 Å². The molecule has 0 amide bonds. The highest BCUT2D eigenvalue weighted by Gasteiger charge is 2.19. The van der Waals surface area contributed by atoms with E-state index in [0.29, 0.717) is 18.8 Å². The van der Waals surface area contributed by atoms with Gasteiger partial charge in [-0.1, -0.05) is 6.92 Å². The van der Waals surface area contributed by atoms with Crippen LogP contribution in [0.3, 0.4) is 0 Å².